The van der Waals surface area contributed by atoms with Crippen molar-refractivity contribution in [2.75, 3.05) is 6.54 Å². The first-order chi connectivity index (χ1) is 8.26. The van der Waals surface area contributed by atoms with Crippen molar-refractivity contribution >= 4 is 0 Å². The Morgan fingerprint density at radius 2 is 1.82 bits per heavy atom. The molecule has 0 saturated heterocycles. The van der Waals surface area contributed by atoms with E-state index in [1.807, 2.05) is 0 Å². The molecule has 17 heavy (non-hydrogen) atoms. The van der Waals surface area contributed by atoms with Crippen molar-refractivity contribution in [1.82, 2.24) is 5.32 Å². The molecule has 0 amide bonds. The maximum Gasteiger partial charge on any atom is 0.0110 e. The molecule has 1 heteroatoms. The van der Waals surface area contributed by atoms with Gasteiger partial charge < -0.3 is 5.32 Å². The molecule has 0 fully saturated rings. The van der Waals surface area contributed by atoms with Crippen molar-refractivity contribution < 1.29 is 0 Å². The van der Waals surface area contributed by atoms with Crippen LogP contribution in [0.4, 0.5) is 0 Å². The minimum Gasteiger partial charge on any atom is -0.314 e. The maximum atomic E-state index is 3.62. The predicted molar refractivity (Wildman–Crippen MR) is 76.3 cm³/mol. The Kier molecular flexibility index (Phi) is 6.95. The highest BCUT2D eigenvalue weighted by Crippen LogP contribution is 2.15. The fourth-order valence-corrected chi connectivity index (χ4v) is 2.52. The van der Waals surface area contributed by atoms with E-state index in [0.29, 0.717) is 6.04 Å². The number of likely N-dealkylation sites (N-methyl/N-ethyl adjacent to an activating group) is 1. The lowest BCUT2D eigenvalue weighted by Gasteiger charge is -2.21. The summed E-state index contributed by atoms with van der Waals surface area (Å²) in [5.41, 5.74) is 1.45. The van der Waals surface area contributed by atoms with E-state index in [1.54, 1.807) is 0 Å². The average molecular weight is 233 g/mol. The molecule has 0 aromatic heterocycles. The van der Waals surface area contributed by atoms with E-state index in [0.717, 1.165) is 18.9 Å². The Labute approximate surface area is 107 Å². The lowest BCUT2D eigenvalue weighted by atomic mass is 9.93. The molecule has 2 atom stereocenters. The Morgan fingerprint density at radius 3 is 2.41 bits per heavy atom. The van der Waals surface area contributed by atoms with Gasteiger partial charge in [-0.3, -0.25) is 0 Å². The highest BCUT2D eigenvalue weighted by atomic mass is 14.9. The van der Waals surface area contributed by atoms with Gasteiger partial charge in [0.05, 0.1) is 0 Å². The van der Waals surface area contributed by atoms with E-state index in [-0.39, 0.29) is 0 Å². The Balaban J connectivity index is 2.48. The predicted octanol–water partition coefficient (Wildman–Crippen LogP) is 4.03. The summed E-state index contributed by atoms with van der Waals surface area (Å²) in [7, 11) is 0. The lowest BCUT2D eigenvalue weighted by Crippen LogP contribution is -2.32. The van der Waals surface area contributed by atoms with E-state index < -0.39 is 0 Å². The molecule has 1 nitrogen and oxygen atoms in total. The third-order valence-corrected chi connectivity index (χ3v) is 3.29. The number of benzene rings is 1. The van der Waals surface area contributed by atoms with Crippen molar-refractivity contribution in [3.8, 4) is 0 Å². The van der Waals surface area contributed by atoms with Gasteiger partial charge in [-0.2, -0.15) is 0 Å². The zero-order valence-corrected chi connectivity index (χ0v) is 11.6. The van der Waals surface area contributed by atoms with Crippen LogP contribution in [0.2, 0.25) is 0 Å². The van der Waals surface area contributed by atoms with Gasteiger partial charge in [0.2, 0.25) is 0 Å². The normalized spacial score (nSPS) is 14.5. The second kappa shape index (κ2) is 8.30. The van der Waals surface area contributed by atoms with Crippen LogP contribution in [0.5, 0.6) is 0 Å². The van der Waals surface area contributed by atoms with Crippen molar-refractivity contribution in [3.05, 3.63) is 35.9 Å². The molecular weight excluding hydrogens is 206 g/mol. The average Bonchev–Trinajstić information content (AvgIpc) is 2.31. The number of hydrogen-bond donors (Lipinski definition) is 1. The fourth-order valence-electron chi connectivity index (χ4n) is 2.52. The molecule has 0 aliphatic heterocycles. The topological polar surface area (TPSA) is 12.0 Å². The summed E-state index contributed by atoms with van der Waals surface area (Å²) in [5, 5.41) is 3.62. The van der Waals surface area contributed by atoms with Crippen LogP contribution < -0.4 is 5.32 Å². The molecule has 96 valence electrons. The monoisotopic (exact) mass is 233 g/mol. The second-order valence-electron chi connectivity index (χ2n) is 5.07. The standard InChI is InChI=1S/C16H27N/c1-4-9-14(3)12-16(17-5-2)13-15-10-7-6-8-11-15/h6-8,10-11,14,16-17H,4-5,9,12-13H2,1-3H3. The molecule has 1 aromatic carbocycles. The van der Waals surface area contributed by atoms with Crippen LogP contribution in [0.1, 0.15) is 45.6 Å². The molecule has 0 aliphatic rings. The Hall–Kier alpha value is -0.820. The molecule has 1 aromatic rings. The van der Waals surface area contributed by atoms with Crippen LogP contribution in [-0.4, -0.2) is 12.6 Å². The first kappa shape index (κ1) is 14.2. The molecule has 0 bridgehead atoms. The van der Waals surface area contributed by atoms with Crippen LogP contribution in [0.15, 0.2) is 30.3 Å². The van der Waals surface area contributed by atoms with Gasteiger partial charge in [0.1, 0.15) is 0 Å². The highest BCUT2D eigenvalue weighted by molar-refractivity contribution is 5.15. The van der Waals surface area contributed by atoms with Gasteiger partial charge in [0, 0.05) is 6.04 Å². The summed E-state index contributed by atoms with van der Waals surface area (Å²) < 4.78 is 0. The molecule has 1 rings (SSSR count). The van der Waals surface area contributed by atoms with Gasteiger partial charge in [0.15, 0.2) is 0 Å². The molecule has 2 unspecified atom stereocenters. The van der Waals surface area contributed by atoms with Gasteiger partial charge in [-0.15, -0.1) is 0 Å². The smallest absolute Gasteiger partial charge is 0.0110 e. The molecule has 0 saturated carbocycles. The molecule has 1 N–H and O–H groups in total. The number of nitrogens with one attached hydrogen (secondary N) is 1. The first-order valence-electron chi connectivity index (χ1n) is 7.03. The van der Waals surface area contributed by atoms with E-state index in [2.05, 4.69) is 56.4 Å². The zero-order valence-electron chi connectivity index (χ0n) is 11.6. The van der Waals surface area contributed by atoms with Crippen molar-refractivity contribution in [2.24, 2.45) is 5.92 Å². The van der Waals surface area contributed by atoms with Gasteiger partial charge in [0.25, 0.3) is 0 Å². The summed E-state index contributed by atoms with van der Waals surface area (Å²) in [5.74, 6) is 0.827. The minimum absolute atomic E-state index is 0.629. The van der Waals surface area contributed by atoms with E-state index in [9.17, 15) is 0 Å². The van der Waals surface area contributed by atoms with Crippen LogP contribution in [0.3, 0.4) is 0 Å². The highest BCUT2D eigenvalue weighted by Gasteiger charge is 2.12. The molecule has 0 spiro atoms. The minimum atomic E-state index is 0.629. The van der Waals surface area contributed by atoms with Crippen LogP contribution in [0, 0.1) is 5.92 Å². The Bertz CT molecular complexity index is 281. The zero-order chi connectivity index (χ0) is 12.5. The lowest BCUT2D eigenvalue weighted by molar-refractivity contribution is 0.385. The van der Waals surface area contributed by atoms with Gasteiger partial charge in [-0.25, -0.2) is 0 Å². The molecule has 0 aliphatic carbocycles. The van der Waals surface area contributed by atoms with Gasteiger partial charge in [-0.1, -0.05) is 63.9 Å². The second-order valence-corrected chi connectivity index (χ2v) is 5.07. The number of hydrogen-bond acceptors (Lipinski definition) is 1. The van der Waals surface area contributed by atoms with Crippen molar-refractivity contribution in [3.63, 3.8) is 0 Å². The fraction of sp³-hybridized carbons (Fsp3) is 0.625. The molecular formula is C16H27N. The van der Waals surface area contributed by atoms with Gasteiger partial charge in [-0.05, 0) is 30.9 Å². The summed E-state index contributed by atoms with van der Waals surface area (Å²) in [6.45, 7) is 7.91. The maximum absolute atomic E-state index is 3.62. The quantitative estimate of drug-likeness (QED) is 0.714. The van der Waals surface area contributed by atoms with E-state index >= 15 is 0 Å². The summed E-state index contributed by atoms with van der Waals surface area (Å²) in [6.07, 6.45) is 5.08. The summed E-state index contributed by atoms with van der Waals surface area (Å²) in [6, 6.07) is 11.4. The largest absolute Gasteiger partial charge is 0.314 e. The third-order valence-electron chi connectivity index (χ3n) is 3.29. The van der Waals surface area contributed by atoms with Crippen molar-refractivity contribution in [1.29, 1.82) is 0 Å². The van der Waals surface area contributed by atoms with E-state index in [1.165, 1.54) is 24.8 Å². The Morgan fingerprint density at radius 1 is 1.12 bits per heavy atom. The van der Waals surface area contributed by atoms with Crippen LogP contribution in [0.25, 0.3) is 0 Å². The summed E-state index contributed by atoms with van der Waals surface area (Å²) >= 11 is 0. The third kappa shape index (κ3) is 5.88. The van der Waals surface area contributed by atoms with Crippen LogP contribution in [-0.2, 0) is 6.42 Å². The molecule has 0 heterocycles. The van der Waals surface area contributed by atoms with Crippen molar-refractivity contribution in [2.45, 2.75) is 52.5 Å². The molecule has 0 radical (unpaired) electrons. The van der Waals surface area contributed by atoms with Gasteiger partial charge >= 0.3 is 0 Å². The number of rotatable bonds is 8. The summed E-state index contributed by atoms with van der Waals surface area (Å²) in [4.78, 5) is 0. The van der Waals surface area contributed by atoms with E-state index in [4.69, 9.17) is 0 Å². The SMILES string of the molecule is CCCC(C)CC(Cc1ccccc1)NCC. The first-order valence-corrected chi connectivity index (χ1v) is 7.03. The van der Waals surface area contributed by atoms with Crippen LogP contribution >= 0.6 is 0 Å².